The van der Waals surface area contributed by atoms with Gasteiger partial charge in [-0.2, -0.15) is 5.10 Å². The first-order chi connectivity index (χ1) is 17.9. The summed E-state index contributed by atoms with van der Waals surface area (Å²) >= 11 is 0. The van der Waals surface area contributed by atoms with Crippen molar-refractivity contribution in [1.29, 1.82) is 0 Å². The second-order valence-electron chi connectivity index (χ2n) is 11.6. The number of para-hydroxylation sites is 2. The van der Waals surface area contributed by atoms with Crippen molar-refractivity contribution in [3.63, 3.8) is 0 Å². The van der Waals surface area contributed by atoms with Crippen LogP contribution in [0.3, 0.4) is 0 Å². The number of nitrogens with zero attached hydrogens (tertiary/aromatic N) is 4. The van der Waals surface area contributed by atoms with Gasteiger partial charge in [0.2, 0.25) is 11.8 Å². The van der Waals surface area contributed by atoms with Gasteiger partial charge in [0.05, 0.1) is 24.1 Å². The van der Waals surface area contributed by atoms with Gasteiger partial charge in [-0.25, -0.2) is 0 Å². The molecule has 2 N–H and O–H groups in total. The highest BCUT2D eigenvalue weighted by atomic mass is 16.2. The lowest BCUT2D eigenvalue weighted by Gasteiger charge is -2.34. The van der Waals surface area contributed by atoms with Crippen LogP contribution in [0.1, 0.15) is 57.9 Å². The van der Waals surface area contributed by atoms with Crippen LogP contribution in [-0.4, -0.2) is 52.7 Å². The van der Waals surface area contributed by atoms with Crippen molar-refractivity contribution < 1.29 is 9.59 Å². The SMILES string of the molecule is CC(C)CN1CCC(C(=O)NCC2CCC(C(=O)N3Cc4cnn(C)c4Nc4ccccc43)CC2)CC1. The Bertz CT molecular complexity index is 1100. The van der Waals surface area contributed by atoms with Crippen molar-refractivity contribution in [3.8, 4) is 0 Å². The van der Waals surface area contributed by atoms with Gasteiger partial charge in [-0.05, 0) is 75.6 Å². The zero-order valence-corrected chi connectivity index (χ0v) is 22.6. The Kier molecular flexibility index (Phi) is 7.84. The summed E-state index contributed by atoms with van der Waals surface area (Å²) in [7, 11) is 1.92. The van der Waals surface area contributed by atoms with E-state index in [-0.39, 0.29) is 23.7 Å². The van der Waals surface area contributed by atoms with Gasteiger partial charge in [0.15, 0.2) is 0 Å². The van der Waals surface area contributed by atoms with Crippen LogP contribution in [0.5, 0.6) is 0 Å². The van der Waals surface area contributed by atoms with E-state index in [2.05, 4.69) is 34.5 Å². The molecule has 5 rings (SSSR count). The van der Waals surface area contributed by atoms with Gasteiger partial charge >= 0.3 is 0 Å². The van der Waals surface area contributed by atoms with E-state index in [1.54, 1.807) is 0 Å². The van der Waals surface area contributed by atoms with Crippen molar-refractivity contribution in [2.24, 2.45) is 30.7 Å². The maximum absolute atomic E-state index is 13.8. The molecule has 2 aromatic rings. The summed E-state index contributed by atoms with van der Waals surface area (Å²) in [6.07, 6.45) is 7.49. The minimum absolute atomic E-state index is 0.0171. The average molecular weight is 507 g/mol. The van der Waals surface area contributed by atoms with Gasteiger partial charge < -0.3 is 20.4 Å². The number of aromatic nitrogens is 2. The van der Waals surface area contributed by atoms with Gasteiger partial charge in [-0.3, -0.25) is 14.3 Å². The molecule has 2 amide bonds. The quantitative estimate of drug-likeness (QED) is 0.611. The number of fused-ring (bicyclic) bond motifs is 2. The third-order valence-corrected chi connectivity index (χ3v) is 8.40. The molecule has 200 valence electrons. The number of hydrogen-bond donors (Lipinski definition) is 2. The number of carbonyl (C=O) groups excluding carboxylic acids is 2. The number of benzene rings is 1. The molecule has 1 aromatic heterocycles. The Morgan fingerprint density at radius 3 is 2.51 bits per heavy atom. The fourth-order valence-corrected chi connectivity index (χ4v) is 6.27. The number of hydrogen-bond acceptors (Lipinski definition) is 5. The molecule has 0 atom stereocenters. The van der Waals surface area contributed by atoms with Crippen LogP contribution in [-0.2, 0) is 23.2 Å². The van der Waals surface area contributed by atoms with E-state index < -0.39 is 0 Å². The van der Waals surface area contributed by atoms with E-state index in [4.69, 9.17) is 0 Å². The van der Waals surface area contributed by atoms with E-state index >= 15 is 0 Å². The minimum atomic E-state index is 0.0171. The molecule has 3 heterocycles. The molecular formula is C29H42N6O2. The molecule has 8 nitrogen and oxygen atoms in total. The molecule has 1 saturated heterocycles. The van der Waals surface area contributed by atoms with Crippen molar-refractivity contribution >= 4 is 29.0 Å². The number of anilines is 3. The molecule has 0 unspecified atom stereocenters. The molecule has 3 aliphatic rings. The first kappa shape index (κ1) is 25.8. The van der Waals surface area contributed by atoms with E-state index in [1.807, 2.05) is 47.1 Å². The average Bonchev–Trinajstić information content (AvgIpc) is 3.15. The third-order valence-electron chi connectivity index (χ3n) is 8.40. The largest absolute Gasteiger partial charge is 0.356 e. The molecular weight excluding hydrogens is 464 g/mol. The molecule has 37 heavy (non-hydrogen) atoms. The number of aryl methyl sites for hydroxylation is 1. The van der Waals surface area contributed by atoms with Crippen LogP contribution < -0.4 is 15.5 Å². The molecule has 0 radical (unpaired) electrons. The zero-order valence-electron chi connectivity index (χ0n) is 22.6. The van der Waals surface area contributed by atoms with Gasteiger partial charge in [0.25, 0.3) is 0 Å². The molecule has 1 saturated carbocycles. The summed E-state index contributed by atoms with van der Waals surface area (Å²) in [6.45, 7) is 8.94. The van der Waals surface area contributed by atoms with Crippen molar-refractivity contribution in [3.05, 3.63) is 36.0 Å². The van der Waals surface area contributed by atoms with E-state index in [1.165, 1.54) is 0 Å². The molecule has 0 spiro atoms. The Hall–Kier alpha value is -2.87. The predicted octanol–water partition coefficient (Wildman–Crippen LogP) is 4.30. The fraction of sp³-hybridized carbons (Fsp3) is 0.621. The van der Waals surface area contributed by atoms with Crippen molar-refractivity contribution in [2.45, 2.75) is 58.9 Å². The summed E-state index contributed by atoms with van der Waals surface area (Å²) in [6, 6.07) is 8.02. The van der Waals surface area contributed by atoms with Gasteiger partial charge in [-0.15, -0.1) is 0 Å². The summed E-state index contributed by atoms with van der Waals surface area (Å²) in [5, 5.41) is 11.1. The van der Waals surface area contributed by atoms with Crippen LogP contribution in [0, 0.1) is 23.7 Å². The number of likely N-dealkylation sites (tertiary alicyclic amines) is 1. The molecule has 2 aliphatic heterocycles. The number of rotatable bonds is 6. The monoisotopic (exact) mass is 506 g/mol. The van der Waals surface area contributed by atoms with Crippen LogP contribution in [0.4, 0.5) is 17.2 Å². The highest BCUT2D eigenvalue weighted by molar-refractivity contribution is 5.99. The maximum Gasteiger partial charge on any atom is 0.230 e. The predicted molar refractivity (Wildman–Crippen MR) is 147 cm³/mol. The smallest absolute Gasteiger partial charge is 0.230 e. The lowest BCUT2D eigenvalue weighted by Crippen LogP contribution is -2.43. The van der Waals surface area contributed by atoms with Crippen molar-refractivity contribution in [2.75, 3.05) is 36.4 Å². The highest BCUT2D eigenvalue weighted by Gasteiger charge is 2.33. The van der Waals surface area contributed by atoms with E-state index in [0.717, 1.165) is 87.5 Å². The normalized spacial score (nSPS) is 22.6. The van der Waals surface area contributed by atoms with E-state index in [0.29, 0.717) is 18.4 Å². The summed E-state index contributed by atoms with van der Waals surface area (Å²) < 4.78 is 1.83. The number of carbonyl (C=O) groups is 2. The first-order valence-electron chi connectivity index (χ1n) is 14.1. The van der Waals surface area contributed by atoms with Crippen LogP contribution in [0.25, 0.3) is 0 Å². The number of piperidine rings is 1. The van der Waals surface area contributed by atoms with Gasteiger partial charge in [0.1, 0.15) is 5.82 Å². The standard InChI is InChI=1S/C29H42N6O2/c1-20(2)18-34-14-12-22(13-15-34)28(36)30-16-21-8-10-23(11-9-21)29(37)35-19-24-17-31-33(3)27(24)32-25-6-4-5-7-26(25)35/h4-7,17,20-23,32H,8-16,18-19H2,1-3H3,(H,30,36). The second-order valence-corrected chi connectivity index (χ2v) is 11.6. The Morgan fingerprint density at radius 2 is 1.78 bits per heavy atom. The number of amides is 2. The Balaban J connectivity index is 1.12. The van der Waals surface area contributed by atoms with Gasteiger partial charge in [-0.1, -0.05) is 26.0 Å². The highest BCUT2D eigenvalue weighted by Crippen LogP contribution is 2.38. The topological polar surface area (TPSA) is 82.5 Å². The van der Waals surface area contributed by atoms with Crippen LogP contribution in [0.15, 0.2) is 30.5 Å². The second kappa shape index (κ2) is 11.3. The molecule has 8 heteroatoms. The third kappa shape index (κ3) is 5.84. The van der Waals surface area contributed by atoms with Crippen LogP contribution >= 0.6 is 0 Å². The minimum Gasteiger partial charge on any atom is -0.356 e. The molecule has 0 bridgehead atoms. The molecule has 1 aromatic carbocycles. The van der Waals surface area contributed by atoms with E-state index in [9.17, 15) is 9.59 Å². The summed E-state index contributed by atoms with van der Waals surface area (Å²) in [5.74, 6) is 2.65. The molecule has 2 fully saturated rings. The lowest BCUT2D eigenvalue weighted by atomic mass is 9.81. The summed E-state index contributed by atoms with van der Waals surface area (Å²) in [4.78, 5) is 31.0. The zero-order chi connectivity index (χ0) is 25.9. The molecule has 1 aliphatic carbocycles. The summed E-state index contributed by atoms with van der Waals surface area (Å²) in [5.41, 5.74) is 2.89. The first-order valence-corrected chi connectivity index (χ1v) is 14.1. The van der Waals surface area contributed by atoms with Crippen molar-refractivity contribution in [1.82, 2.24) is 20.0 Å². The lowest BCUT2D eigenvalue weighted by molar-refractivity contribution is -0.127. The fourth-order valence-electron chi connectivity index (χ4n) is 6.27. The number of nitrogens with one attached hydrogen (secondary N) is 2. The van der Waals surface area contributed by atoms with Crippen LogP contribution in [0.2, 0.25) is 0 Å². The maximum atomic E-state index is 13.8. The Morgan fingerprint density at radius 1 is 1.05 bits per heavy atom. The Labute approximate surface area is 220 Å². The van der Waals surface area contributed by atoms with Gasteiger partial charge in [0, 0.05) is 37.5 Å².